The van der Waals surface area contributed by atoms with Gasteiger partial charge in [0.25, 0.3) is 0 Å². The van der Waals surface area contributed by atoms with Crippen molar-refractivity contribution in [1.82, 2.24) is 9.78 Å². The molecule has 0 aliphatic carbocycles. The molecule has 2 N–H and O–H groups in total. The van der Waals surface area contributed by atoms with Crippen LogP contribution >= 0.6 is 0 Å². The van der Waals surface area contributed by atoms with Gasteiger partial charge in [-0.1, -0.05) is 0 Å². The number of nitrogens with zero attached hydrogens (tertiary/aromatic N) is 2. The maximum absolute atomic E-state index is 10.9. The molecule has 0 amide bonds. The van der Waals surface area contributed by atoms with Gasteiger partial charge < -0.3 is 10.5 Å². The Kier molecular flexibility index (Phi) is 4.83. The third kappa shape index (κ3) is 4.60. The molecule has 0 saturated carbocycles. The molecule has 0 bridgehead atoms. The zero-order valence-electron chi connectivity index (χ0n) is 8.93. The van der Waals surface area contributed by atoms with Crippen LogP contribution in [0.1, 0.15) is 19.3 Å². The molecule has 0 aliphatic heterocycles. The van der Waals surface area contributed by atoms with E-state index in [1.165, 1.54) is 7.11 Å². The highest BCUT2D eigenvalue weighted by molar-refractivity contribution is 5.69. The predicted molar refractivity (Wildman–Crippen MR) is 56.1 cm³/mol. The van der Waals surface area contributed by atoms with Crippen molar-refractivity contribution in [2.24, 2.45) is 5.73 Å². The van der Waals surface area contributed by atoms with Crippen LogP contribution in [0.4, 0.5) is 0 Å². The first-order chi connectivity index (χ1) is 7.22. The molecule has 5 heteroatoms. The average molecular weight is 211 g/mol. The minimum Gasteiger partial charge on any atom is -0.469 e. The highest BCUT2D eigenvalue weighted by Crippen LogP contribution is 2.02. The number of hydrogen-bond acceptors (Lipinski definition) is 4. The second-order valence-electron chi connectivity index (χ2n) is 3.43. The number of carbonyl (C=O) groups excluding carboxylic acids is 1. The lowest BCUT2D eigenvalue weighted by molar-refractivity contribution is -0.140. The Bertz CT molecular complexity index is 285. The minimum atomic E-state index is -0.204. The Labute approximate surface area is 89.2 Å². The van der Waals surface area contributed by atoms with Crippen LogP contribution < -0.4 is 5.73 Å². The Morgan fingerprint density at radius 2 is 2.40 bits per heavy atom. The molecule has 15 heavy (non-hydrogen) atoms. The summed E-state index contributed by atoms with van der Waals surface area (Å²) in [5, 5.41) is 4.07. The van der Waals surface area contributed by atoms with Crippen LogP contribution in [0.5, 0.6) is 0 Å². The number of nitrogens with two attached hydrogens (primary N) is 1. The van der Waals surface area contributed by atoms with Gasteiger partial charge in [-0.05, 0) is 18.9 Å². The van der Waals surface area contributed by atoms with Crippen LogP contribution in [0.3, 0.4) is 0 Å². The topological polar surface area (TPSA) is 70.1 Å². The van der Waals surface area contributed by atoms with Crippen molar-refractivity contribution in [3.8, 4) is 0 Å². The number of aryl methyl sites for hydroxylation is 1. The van der Waals surface area contributed by atoms with E-state index in [0.29, 0.717) is 12.8 Å². The van der Waals surface area contributed by atoms with Gasteiger partial charge in [0, 0.05) is 31.4 Å². The van der Waals surface area contributed by atoms with Gasteiger partial charge in [-0.3, -0.25) is 9.48 Å². The fourth-order valence-electron chi connectivity index (χ4n) is 1.28. The lowest BCUT2D eigenvalue weighted by Gasteiger charge is -2.10. The lowest BCUT2D eigenvalue weighted by Crippen LogP contribution is -2.23. The maximum Gasteiger partial charge on any atom is 0.305 e. The summed E-state index contributed by atoms with van der Waals surface area (Å²) in [7, 11) is 1.39. The van der Waals surface area contributed by atoms with Crippen molar-refractivity contribution in [3.63, 3.8) is 0 Å². The second kappa shape index (κ2) is 6.19. The molecule has 5 nitrogen and oxygen atoms in total. The summed E-state index contributed by atoms with van der Waals surface area (Å²) in [4.78, 5) is 10.9. The number of esters is 1. The minimum absolute atomic E-state index is 0.0216. The van der Waals surface area contributed by atoms with Crippen molar-refractivity contribution < 1.29 is 9.53 Å². The molecule has 0 aliphatic rings. The Balaban J connectivity index is 2.13. The molecule has 1 atom stereocenters. The van der Waals surface area contributed by atoms with Gasteiger partial charge >= 0.3 is 5.97 Å². The van der Waals surface area contributed by atoms with E-state index in [2.05, 4.69) is 9.84 Å². The maximum atomic E-state index is 10.9. The van der Waals surface area contributed by atoms with Crippen LogP contribution in [-0.2, 0) is 16.1 Å². The van der Waals surface area contributed by atoms with E-state index in [0.717, 1.165) is 13.0 Å². The number of ether oxygens (including phenoxy) is 1. The quantitative estimate of drug-likeness (QED) is 0.698. The summed E-state index contributed by atoms with van der Waals surface area (Å²) in [6, 6.07) is 1.90. The molecular weight excluding hydrogens is 194 g/mol. The number of carbonyl (C=O) groups is 1. The van der Waals surface area contributed by atoms with Crippen molar-refractivity contribution in [2.45, 2.75) is 31.8 Å². The van der Waals surface area contributed by atoms with E-state index in [9.17, 15) is 4.79 Å². The fourth-order valence-corrected chi connectivity index (χ4v) is 1.28. The van der Waals surface area contributed by atoms with Crippen LogP contribution in [-0.4, -0.2) is 28.9 Å². The smallest absolute Gasteiger partial charge is 0.305 e. The summed E-state index contributed by atoms with van der Waals surface area (Å²) < 4.78 is 6.37. The predicted octanol–water partition coefficient (Wildman–Crippen LogP) is 0.554. The van der Waals surface area contributed by atoms with Gasteiger partial charge in [0.2, 0.25) is 0 Å². The third-order valence-electron chi connectivity index (χ3n) is 2.24. The molecule has 0 radical (unpaired) electrons. The van der Waals surface area contributed by atoms with Gasteiger partial charge in [-0.2, -0.15) is 5.10 Å². The Morgan fingerprint density at radius 1 is 1.60 bits per heavy atom. The van der Waals surface area contributed by atoms with Crippen LogP contribution in [0, 0.1) is 0 Å². The summed E-state index contributed by atoms with van der Waals surface area (Å²) in [6.45, 7) is 0.787. The van der Waals surface area contributed by atoms with Gasteiger partial charge in [-0.15, -0.1) is 0 Å². The normalized spacial score (nSPS) is 12.4. The molecule has 0 saturated heterocycles. The Morgan fingerprint density at radius 3 is 3.00 bits per heavy atom. The van der Waals surface area contributed by atoms with Gasteiger partial charge in [0.05, 0.1) is 7.11 Å². The molecular formula is C10H17N3O2. The van der Waals surface area contributed by atoms with Gasteiger partial charge in [0.1, 0.15) is 0 Å². The molecule has 0 spiro atoms. The molecule has 1 aromatic heterocycles. The molecule has 1 aromatic rings. The lowest BCUT2D eigenvalue weighted by atomic mass is 10.1. The van der Waals surface area contributed by atoms with Crippen molar-refractivity contribution >= 4 is 5.97 Å². The van der Waals surface area contributed by atoms with E-state index in [1.54, 1.807) is 6.20 Å². The zero-order chi connectivity index (χ0) is 11.1. The Hall–Kier alpha value is -1.36. The third-order valence-corrected chi connectivity index (χ3v) is 2.24. The van der Waals surface area contributed by atoms with Crippen LogP contribution in [0.2, 0.25) is 0 Å². The standard InChI is InChI=1S/C10H17N3O2/c1-15-10(14)4-3-9(11)5-8-13-7-2-6-12-13/h2,6-7,9H,3-5,8,11H2,1H3. The van der Waals surface area contributed by atoms with E-state index < -0.39 is 0 Å². The molecule has 0 aromatic carbocycles. The molecule has 1 rings (SSSR count). The molecule has 1 heterocycles. The summed E-state index contributed by atoms with van der Waals surface area (Å²) in [6.07, 6.45) is 5.50. The van der Waals surface area contributed by atoms with E-state index in [1.807, 2.05) is 16.9 Å². The van der Waals surface area contributed by atoms with Crippen LogP contribution in [0.15, 0.2) is 18.5 Å². The molecule has 0 fully saturated rings. The first kappa shape index (κ1) is 11.7. The SMILES string of the molecule is COC(=O)CCC(N)CCn1cccn1. The summed E-state index contributed by atoms with van der Waals surface area (Å²) >= 11 is 0. The fraction of sp³-hybridized carbons (Fsp3) is 0.600. The van der Waals surface area contributed by atoms with E-state index in [-0.39, 0.29) is 12.0 Å². The largest absolute Gasteiger partial charge is 0.469 e. The molecule has 1 unspecified atom stereocenters. The molecule has 84 valence electrons. The zero-order valence-corrected chi connectivity index (χ0v) is 8.93. The average Bonchev–Trinajstić information content (AvgIpc) is 2.75. The van der Waals surface area contributed by atoms with E-state index in [4.69, 9.17) is 5.73 Å². The number of rotatable bonds is 6. The monoisotopic (exact) mass is 211 g/mol. The number of hydrogen-bond donors (Lipinski definition) is 1. The first-order valence-electron chi connectivity index (χ1n) is 5.02. The van der Waals surface area contributed by atoms with Gasteiger partial charge in [0.15, 0.2) is 0 Å². The van der Waals surface area contributed by atoms with Crippen molar-refractivity contribution in [1.29, 1.82) is 0 Å². The van der Waals surface area contributed by atoms with Crippen molar-refractivity contribution in [3.05, 3.63) is 18.5 Å². The summed E-state index contributed by atoms with van der Waals surface area (Å²) in [5.74, 6) is -0.204. The second-order valence-corrected chi connectivity index (χ2v) is 3.43. The van der Waals surface area contributed by atoms with E-state index >= 15 is 0 Å². The highest BCUT2D eigenvalue weighted by atomic mass is 16.5. The first-order valence-corrected chi connectivity index (χ1v) is 5.02. The van der Waals surface area contributed by atoms with Crippen molar-refractivity contribution in [2.75, 3.05) is 7.11 Å². The summed E-state index contributed by atoms with van der Waals surface area (Å²) in [5.41, 5.74) is 5.84. The van der Waals surface area contributed by atoms with Gasteiger partial charge in [-0.25, -0.2) is 0 Å². The number of methoxy groups -OCH3 is 1. The highest BCUT2D eigenvalue weighted by Gasteiger charge is 2.07. The van der Waals surface area contributed by atoms with Crippen LogP contribution in [0.25, 0.3) is 0 Å². The number of aromatic nitrogens is 2.